The second kappa shape index (κ2) is 10.4. The average Bonchev–Trinajstić information content (AvgIpc) is 2.95. The third-order valence-corrected chi connectivity index (χ3v) is 4.23. The van der Waals surface area contributed by atoms with Crippen molar-refractivity contribution in [2.24, 2.45) is 0 Å². The highest BCUT2D eigenvalue weighted by Crippen LogP contribution is 2.21. The lowest BCUT2D eigenvalue weighted by molar-refractivity contribution is -0.150. The summed E-state index contributed by atoms with van der Waals surface area (Å²) in [4.78, 5) is 0. The molecule has 1 unspecified atom stereocenters. The third-order valence-electron chi connectivity index (χ3n) is 4.23. The number of aryl methyl sites for hydroxylation is 2. The molecule has 0 aromatic heterocycles. The Morgan fingerprint density at radius 3 is 1.58 bits per heavy atom. The van der Waals surface area contributed by atoms with E-state index in [9.17, 15) is 0 Å². The van der Waals surface area contributed by atoms with Crippen molar-refractivity contribution in [1.29, 1.82) is 0 Å². The zero-order chi connectivity index (χ0) is 18.9. The summed E-state index contributed by atoms with van der Waals surface area (Å²) in [6, 6.07) is 21.2. The molecule has 3 rings (SSSR count). The monoisotopic (exact) mass is 362 g/mol. The second-order valence-electron chi connectivity index (χ2n) is 6.19. The first-order valence-corrected chi connectivity index (χ1v) is 8.59. The molecule has 26 heavy (non-hydrogen) atoms. The topological polar surface area (TPSA) is 110 Å². The van der Waals surface area contributed by atoms with E-state index < -0.39 is 37.3 Å². The fourth-order valence-electron chi connectivity index (χ4n) is 2.69. The number of rotatable bonds is 5. The quantitative estimate of drug-likeness (QED) is 0.522. The molecule has 6 heteroatoms. The highest BCUT2D eigenvalue weighted by molar-refractivity contribution is 5.19. The molecule has 6 nitrogen and oxygen atoms in total. The van der Waals surface area contributed by atoms with Crippen LogP contribution in [0.1, 0.15) is 11.1 Å². The predicted molar refractivity (Wildman–Crippen MR) is 96.3 cm³/mol. The minimum Gasteiger partial charge on any atom is -0.394 e. The molecular weight excluding hydrogens is 336 g/mol. The van der Waals surface area contributed by atoms with Crippen molar-refractivity contribution in [3.63, 3.8) is 0 Å². The highest BCUT2D eigenvalue weighted by Gasteiger charge is 2.44. The maximum Gasteiger partial charge on any atom is 0.184 e. The van der Waals surface area contributed by atoms with Crippen molar-refractivity contribution in [3.8, 4) is 0 Å². The van der Waals surface area contributed by atoms with Crippen LogP contribution >= 0.6 is 0 Å². The van der Waals surface area contributed by atoms with Crippen LogP contribution < -0.4 is 0 Å². The summed E-state index contributed by atoms with van der Waals surface area (Å²) in [6.07, 6.45) is -4.49. The molecule has 0 spiro atoms. The first-order chi connectivity index (χ1) is 12.5. The molecule has 5 N–H and O–H groups in total. The summed E-state index contributed by atoms with van der Waals surface area (Å²) in [6.45, 7) is -0.596. The molecule has 142 valence electrons. The van der Waals surface area contributed by atoms with Gasteiger partial charge in [0.25, 0.3) is 0 Å². The van der Waals surface area contributed by atoms with Crippen LogP contribution in [-0.4, -0.2) is 62.8 Å². The lowest BCUT2D eigenvalue weighted by Gasteiger charge is -2.18. The Morgan fingerprint density at radius 1 is 0.769 bits per heavy atom. The van der Waals surface area contributed by atoms with Gasteiger partial charge in [-0.2, -0.15) is 0 Å². The van der Waals surface area contributed by atoms with Crippen LogP contribution in [0.5, 0.6) is 0 Å². The maximum absolute atomic E-state index is 9.12. The summed E-state index contributed by atoms with van der Waals surface area (Å²) in [5, 5.41) is 44.4. The van der Waals surface area contributed by atoms with Crippen LogP contribution in [0.15, 0.2) is 60.7 Å². The maximum atomic E-state index is 9.12. The van der Waals surface area contributed by atoms with Crippen LogP contribution in [0.4, 0.5) is 0 Å². The SMILES string of the molecule is OC[C@@H](O)[C@@H]1OC(O)[C@@H](O)[C@@H]1O.c1ccc(CCc2ccccc2)cc1. The molecule has 1 aliphatic rings. The van der Waals surface area contributed by atoms with E-state index >= 15 is 0 Å². The van der Waals surface area contributed by atoms with E-state index in [2.05, 4.69) is 65.4 Å². The van der Waals surface area contributed by atoms with Crippen molar-refractivity contribution >= 4 is 0 Å². The Bertz CT molecular complexity index is 581. The molecule has 1 saturated heterocycles. The molecular formula is C20H26O6. The summed E-state index contributed by atoms with van der Waals surface area (Å²) in [5.41, 5.74) is 2.83. The summed E-state index contributed by atoms with van der Waals surface area (Å²) in [7, 11) is 0. The van der Waals surface area contributed by atoms with Gasteiger partial charge in [-0.3, -0.25) is 0 Å². The van der Waals surface area contributed by atoms with Crippen LogP contribution in [0, 0.1) is 0 Å². The Hall–Kier alpha value is -1.80. The average molecular weight is 362 g/mol. The van der Waals surface area contributed by atoms with E-state index in [-0.39, 0.29) is 0 Å². The van der Waals surface area contributed by atoms with Gasteiger partial charge < -0.3 is 30.3 Å². The molecule has 1 heterocycles. The Labute approximate surface area is 152 Å². The van der Waals surface area contributed by atoms with Gasteiger partial charge in [-0.05, 0) is 24.0 Å². The van der Waals surface area contributed by atoms with Gasteiger partial charge in [-0.1, -0.05) is 60.7 Å². The van der Waals surface area contributed by atoms with Crippen LogP contribution in [0.25, 0.3) is 0 Å². The van der Waals surface area contributed by atoms with E-state index in [1.807, 2.05) is 0 Å². The molecule has 0 saturated carbocycles. The summed E-state index contributed by atoms with van der Waals surface area (Å²) >= 11 is 0. The van der Waals surface area contributed by atoms with Crippen molar-refractivity contribution in [3.05, 3.63) is 71.8 Å². The van der Waals surface area contributed by atoms with Gasteiger partial charge in [0.1, 0.15) is 24.4 Å². The zero-order valence-corrected chi connectivity index (χ0v) is 14.4. The second-order valence-corrected chi connectivity index (χ2v) is 6.19. The van der Waals surface area contributed by atoms with Gasteiger partial charge in [0.15, 0.2) is 6.29 Å². The molecule has 1 fully saturated rings. The summed E-state index contributed by atoms with van der Waals surface area (Å²) < 4.78 is 4.58. The lowest BCUT2D eigenvalue weighted by Crippen LogP contribution is -2.40. The number of aliphatic hydroxyl groups is 5. The van der Waals surface area contributed by atoms with Gasteiger partial charge in [0.05, 0.1) is 6.61 Å². The summed E-state index contributed by atoms with van der Waals surface area (Å²) in [5.74, 6) is 0. The van der Waals surface area contributed by atoms with Crippen LogP contribution in [0.3, 0.4) is 0 Å². The van der Waals surface area contributed by atoms with Crippen molar-refractivity contribution in [2.75, 3.05) is 6.61 Å². The van der Waals surface area contributed by atoms with Crippen molar-refractivity contribution < 1.29 is 30.3 Å². The van der Waals surface area contributed by atoms with Gasteiger partial charge in [0.2, 0.25) is 0 Å². The van der Waals surface area contributed by atoms with Crippen molar-refractivity contribution in [2.45, 2.75) is 43.5 Å². The number of ether oxygens (including phenoxy) is 1. The molecule has 2 aromatic carbocycles. The van der Waals surface area contributed by atoms with E-state index in [4.69, 9.17) is 25.5 Å². The largest absolute Gasteiger partial charge is 0.394 e. The molecule has 0 aliphatic carbocycles. The molecule has 0 radical (unpaired) electrons. The van der Waals surface area contributed by atoms with Gasteiger partial charge in [0, 0.05) is 0 Å². The molecule has 2 aromatic rings. The smallest absolute Gasteiger partial charge is 0.184 e. The fourth-order valence-corrected chi connectivity index (χ4v) is 2.69. The van der Waals surface area contributed by atoms with Gasteiger partial charge in [-0.25, -0.2) is 0 Å². The van der Waals surface area contributed by atoms with E-state index in [1.165, 1.54) is 11.1 Å². The Kier molecular flexibility index (Phi) is 8.18. The van der Waals surface area contributed by atoms with Gasteiger partial charge >= 0.3 is 0 Å². The van der Waals surface area contributed by atoms with E-state index in [1.54, 1.807) is 0 Å². The molecule has 5 atom stereocenters. The van der Waals surface area contributed by atoms with Crippen LogP contribution in [0.2, 0.25) is 0 Å². The molecule has 0 bridgehead atoms. The Balaban J connectivity index is 0.000000190. The van der Waals surface area contributed by atoms with E-state index in [0.717, 1.165) is 12.8 Å². The number of aliphatic hydroxyl groups excluding tert-OH is 5. The third kappa shape index (κ3) is 5.88. The standard InChI is InChI=1S/C14H14.C6H12O6/c1-3-7-13(8-4-1)11-12-14-9-5-2-6-10-14;7-1-2(8)5-3(9)4(10)6(11)12-5/h1-10H,11-12H2;2-11H,1H2/t;2-,3+,4+,5+,6?/m.1/s1. The first-order valence-electron chi connectivity index (χ1n) is 8.59. The fraction of sp³-hybridized carbons (Fsp3) is 0.400. The molecule has 0 amide bonds. The number of benzene rings is 2. The van der Waals surface area contributed by atoms with E-state index in [0.29, 0.717) is 0 Å². The molecule has 1 aliphatic heterocycles. The van der Waals surface area contributed by atoms with Gasteiger partial charge in [-0.15, -0.1) is 0 Å². The normalized spacial score (nSPS) is 26.0. The predicted octanol–water partition coefficient (Wildman–Crippen LogP) is 0.250. The highest BCUT2D eigenvalue weighted by atomic mass is 16.6. The number of hydrogen-bond acceptors (Lipinski definition) is 6. The lowest BCUT2D eigenvalue weighted by atomic mass is 10.0. The van der Waals surface area contributed by atoms with Crippen molar-refractivity contribution in [1.82, 2.24) is 0 Å². The minimum atomic E-state index is -1.51. The first kappa shape index (κ1) is 20.5. The number of hydrogen-bond donors (Lipinski definition) is 5. The Morgan fingerprint density at radius 2 is 1.23 bits per heavy atom. The minimum absolute atomic E-state index is 0.596. The zero-order valence-electron chi connectivity index (χ0n) is 14.4. The van der Waals surface area contributed by atoms with Crippen LogP contribution in [-0.2, 0) is 17.6 Å².